The molecule has 0 saturated carbocycles. The average Bonchev–Trinajstić information content (AvgIpc) is 3.12. The number of likely N-dealkylation sites (tertiary alicyclic amines) is 1. The zero-order valence-electron chi connectivity index (χ0n) is 13.9. The standard InChI is InChI=1S/C18H20N6O/c25-18-4-3-17(16-2-1-5-19-10-16)21-24(18)13-15-11-23(12-15)9-8-22-7-6-20-14-22/h1-7,10,14-15H,8-9,11-13H2. The smallest absolute Gasteiger partial charge is 0.266 e. The fraction of sp³-hybridized carbons (Fsp3) is 0.333. The third kappa shape index (κ3) is 3.66. The van der Waals surface area contributed by atoms with Crippen molar-refractivity contribution in [2.45, 2.75) is 13.1 Å². The van der Waals surface area contributed by atoms with Crippen molar-refractivity contribution in [1.82, 2.24) is 29.2 Å². The molecule has 1 aliphatic heterocycles. The van der Waals surface area contributed by atoms with Crippen LogP contribution in [0.3, 0.4) is 0 Å². The van der Waals surface area contributed by atoms with E-state index in [4.69, 9.17) is 0 Å². The molecule has 0 unspecified atom stereocenters. The lowest BCUT2D eigenvalue weighted by Crippen LogP contribution is -2.50. The first-order chi connectivity index (χ1) is 12.3. The summed E-state index contributed by atoms with van der Waals surface area (Å²) in [7, 11) is 0. The van der Waals surface area contributed by atoms with Crippen molar-refractivity contribution in [3.8, 4) is 11.3 Å². The Morgan fingerprint density at radius 2 is 2.00 bits per heavy atom. The van der Waals surface area contributed by atoms with E-state index in [1.807, 2.05) is 24.7 Å². The van der Waals surface area contributed by atoms with Gasteiger partial charge in [-0.1, -0.05) is 0 Å². The van der Waals surface area contributed by atoms with E-state index in [0.29, 0.717) is 12.5 Å². The summed E-state index contributed by atoms with van der Waals surface area (Å²) in [5.41, 5.74) is 1.65. The Morgan fingerprint density at radius 1 is 1.08 bits per heavy atom. The molecule has 4 heterocycles. The van der Waals surface area contributed by atoms with Crippen molar-refractivity contribution < 1.29 is 0 Å². The summed E-state index contributed by atoms with van der Waals surface area (Å²) in [5.74, 6) is 0.470. The Labute approximate surface area is 145 Å². The molecular weight excluding hydrogens is 316 g/mol. The minimum absolute atomic E-state index is 0.0514. The lowest BCUT2D eigenvalue weighted by molar-refractivity contribution is 0.0806. The highest BCUT2D eigenvalue weighted by molar-refractivity contribution is 5.56. The zero-order chi connectivity index (χ0) is 17.1. The Bertz CT molecular complexity index is 868. The molecule has 0 bridgehead atoms. The van der Waals surface area contributed by atoms with E-state index in [1.54, 1.807) is 35.4 Å². The van der Waals surface area contributed by atoms with Crippen molar-refractivity contribution >= 4 is 0 Å². The number of hydrogen-bond acceptors (Lipinski definition) is 5. The van der Waals surface area contributed by atoms with Crippen LogP contribution in [0.5, 0.6) is 0 Å². The van der Waals surface area contributed by atoms with Gasteiger partial charge >= 0.3 is 0 Å². The summed E-state index contributed by atoms with van der Waals surface area (Å²) in [6.45, 7) is 4.61. The summed E-state index contributed by atoms with van der Waals surface area (Å²) in [4.78, 5) is 22.7. The molecule has 0 amide bonds. The molecule has 128 valence electrons. The van der Waals surface area contributed by atoms with Crippen molar-refractivity contribution in [2.24, 2.45) is 5.92 Å². The molecule has 0 aromatic carbocycles. The Balaban J connectivity index is 1.35. The maximum atomic E-state index is 12.1. The first kappa shape index (κ1) is 15.7. The lowest BCUT2D eigenvalue weighted by atomic mass is 10.0. The molecule has 3 aromatic rings. The molecule has 0 atom stereocenters. The maximum Gasteiger partial charge on any atom is 0.266 e. The molecule has 7 nitrogen and oxygen atoms in total. The second-order valence-electron chi connectivity index (χ2n) is 6.41. The lowest BCUT2D eigenvalue weighted by Gasteiger charge is -2.39. The van der Waals surface area contributed by atoms with Gasteiger partial charge in [-0.3, -0.25) is 9.78 Å². The summed E-state index contributed by atoms with van der Waals surface area (Å²) in [6.07, 6.45) is 9.10. The third-order valence-corrected chi connectivity index (χ3v) is 4.52. The molecule has 0 aliphatic carbocycles. The molecule has 0 radical (unpaired) electrons. The topological polar surface area (TPSA) is 68.8 Å². The van der Waals surface area contributed by atoms with Gasteiger partial charge in [0.2, 0.25) is 0 Å². The first-order valence-electron chi connectivity index (χ1n) is 8.44. The number of hydrogen-bond donors (Lipinski definition) is 0. The van der Waals surface area contributed by atoms with Gasteiger partial charge in [-0.25, -0.2) is 9.67 Å². The predicted octanol–water partition coefficient (Wildman–Crippen LogP) is 1.13. The highest BCUT2D eigenvalue weighted by Gasteiger charge is 2.27. The van der Waals surface area contributed by atoms with E-state index in [9.17, 15) is 4.79 Å². The van der Waals surface area contributed by atoms with Crippen LogP contribution in [0.4, 0.5) is 0 Å². The summed E-state index contributed by atoms with van der Waals surface area (Å²) >= 11 is 0. The van der Waals surface area contributed by atoms with Crippen LogP contribution in [0.2, 0.25) is 0 Å². The number of aromatic nitrogens is 5. The van der Waals surface area contributed by atoms with E-state index in [1.165, 1.54) is 0 Å². The molecule has 7 heteroatoms. The second kappa shape index (κ2) is 6.98. The van der Waals surface area contributed by atoms with E-state index < -0.39 is 0 Å². The van der Waals surface area contributed by atoms with Crippen LogP contribution in [-0.2, 0) is 13.1 Å². The van der Waals surface area contributed by atoms with Crippen LogP contribution < -0.4 is 5.56 Å². The van der Waals surface area contributed by atoms with E-state index >= 15 is 0 Å². The van der Waals surface area contributed by atoms with E-state index in [-0.39, 0.29) is 5.56 Å². The molecule has 0 N–H and O–H groups in total. The highest BCUT2D eigenvalue weighted by atomic mass is 16.1. The maximum absolute atomic E-state index is 12.1. The summed E-state index contributed by atoms with van der Waals surface area (Å²) < 4.78 is 3.66. The normalized spacial score (nSPS) is 15.2. The number of imidazole rings is 1. The molecule has 1 fully saturated rings. The highest BCUT2D eigenvalue weighted by Crippen LogP contribution is 2.18. The van der Waals surface area contributed by atoms with E-state index in [0.717, 1.165) is 37.4 Å². The largest absolute Gasteiger partial charge is 0.336 e. The van der Waals surface area contributed by atoms with Crippen LogP contribution in [0.25, 0.3) is 11.3 Å². The molecule has 1 aliphatic rings. The molecule has 1 saturated heterocycles. The zero-order valence-corrected chi connectivity index (χ0v) is 13.9. The molecular formula is C18H20N6O. The van der Waals surface area contributed by atoms with Crippen LogP contribution in [0, 0.1) is 5.92 Å². The van der Waals surface area contributed by atoms with Gasteiger partial charge in [-0.15, -0.1) is 0 Å². The molecule has 3 aromatic heterocycles. The van der Waals surface area contributed by atoms with Crippen molar-refractivity contribution in [3.63, 3.8) is 0 Å². The van der Waals surface area contributed by atoms with Gasteiger partial charge in [-0.2, -0.15) is 5.10 Å². The second-order valence-corrected chi connectivity index (χ2v) is 6.41. The number of rotatable bonds is 6. The fourth-order valence-electron chi connectivity index (χ4n) is 3.14. The third-order valence-electron chi connectivity index (χ3n) is 4.52. The van der Waals surface area contributed by atoms with E-state index in [2.05, 4.69) is 24.5 Å². The van der Waals surface area contributed by atoms with Gasteiger partial charge in [0.25, 0.3) is 5.56 Å². The number of nitrogens with zero attached hydrogens (tertiary/aromatic N) is 6. The van der Waals surface area contributed by atoms with Crippen LogP contribution in [0.1, 0.15) is 0 Å². The van der Waals surface area contributed by atoms with Crippen molar-refractivity contribution in [1.29, 1.82) is 0 Å². The van der Waals surface area contributed by atoms with Gasteiger partial charge in [-0.05, 0) is 18.2 Å². The Hall–Kier alpha value is -2.80. The van der Waals surface area contributed by atoms with Crippen LogP contribution >= 0.6 is 0 Å². The molecule has 4 rings (SSSR count). The van der Waals surface area contributed by atoms with Crippen LogP contribution in [-0.4, -0.2) is 48.8 Å². The van der Waals surface area contributed by atoms with Crippen molar-refractivity contribution in [3.05, 3.63) is 65.7 Å². The average molecular weight is 336 g/mol. The predicted molar refractivity (Wildman–Crippen MR) is 93.9 cm³/mol. The fourth-order valence-corrected chi connectivity index (χ4v) is 3.14. The Kier molecular flexibility index (Phi) is 4.39. The minimum atomic E-state index is -0.0514. The Morgan fingerprint density at radius 3 is 2.76 bits per heavy atom. The van der Waals surface area contributed by atoms with Gasteiger partial charge in [0.05, 0.1) is 18.6 Å². The molecule has 25 heavy (non-hydrogen) atoms. The number of pyridine rings is 1. The van der Waals surface area contributed by atoms with Gasteiger partial charge < -0.3 is 9.47 Å². The van der Waals surface area contributed by atoms with Crippen molar-refractivity contribution in [2.75, 3.05) is 19.6 Å². The van der Waals surface area contributed by atoms with Crippen LogP contribution in [0.15, 0.2) is 60.2 Å². The quantitative estimate of drug-likeness (QED) is 0.675. The minimum Gasteiger partial charge on any atom is -0.336 e. The monoisotopic (exact) mass is 336 g/mol. The first-order valence-corrected chi connectivity index (χ1v) is 8.44. The van der Waals surface area contributed by atoms with Gasteiger partial charge in [0.1, 0.15) is 0 Å². The summed E-state index contributed by atoms with van der Waals surface area (Å²) in [6, 6.07) is 7.17. The van der Waals surface area contributed by atoms with Gasteiger partial charge in [0, 0.05) is 68.5 Å². The molecule has 0 spiro atoms. The SMILES string of the molecule is O=c1ccc(-c2cccnc2)nn1CC1CN(CCn2ccnc2)C1. The van der Waals surface area contributed by atoms with Gasteiger partial charge in [0.15, 0.2) is 0 Å². The summed E-state index contributed by atoms with van der Waals surface area (Å²) in [5, 5.41) is 4.51.